The molecule has 2 aromatic carbocycles. The van der Waals surface area contributed by atoms with Gasteiger partial charge >= 0.3 is 0 Å². The fourth-order valence-electron chi connectivity index (χ4n) is 2.81. The fraction of sp³-hybridized carbons (Fsp3) is 0.200. The molecule has 0 atom stereocenters. The van der Waals surface area contributed by atoms with E-state index in [2.05, 4.69) is 31.0 Å². The molecule has 6 nitrogen and oxygen atoms in total. The summed E-state index contributed by atoms with van der Waals surface area (Å²) in [5.74, 6) is -0.422. The third kappa shape index (κ3) is 4.58. The van der Waals surface area contributed by atoms with Gasteiger partial charge < -0.3 is 0 Å². The number of sulfonamides is 1. The van der Waals surface area contributed by atoms with Crippen LogP contribution >= 0.6 is 27.3 Å². The highest BCUT2D eigenvalue weighted by atomic mass is 79.9. The van der Waals surface area contributed by atoms with Crippen LogP contribution in [0.25, 0.3) is 10.4 Å². The lowest BCUT2D eigenvalue weighted by Crippen LogP contribution is -2.26. The Hall–Kier alpha value is -2.07. The molecule has 0 saturated heterocycles. The number of rotatable bonds is 6. The van der Waals surface area contributed by atoms with E-state index in [-0.39, 0.29) is 16.5 Å². The second kappa shape index (κ2) is 7.98. The first kappa shape index (κ1) is 20.2. The summed E-state index contributed by atoms with van der Waals surface area (Å²) in [4.78, 5) is 18.3. The van der Waals surface area contributed by atoms with Crippen LogP contribution in [-0.2, 0) is 10.0 Å². The number of benzene rings is 2. The van der Waals surface area contributed by atoms with Crippen molar-refractivity contribution in [1.82, 2.24) is 9.71 Å². The predicted octanol–water partition coefficient (Wildman–Crippen LogP) is 4.57. The molecule has 1 aromatic heterocycles. The topological polar surface area (TPSA) is 88.2 Å². The summed E-state index contributed by atoms with van der Waals surface area (Å²) in [5.41, 5.74) is 2.08. The normalized spacial score (nSPS) is 14.0. The van der Waals surface area contributed by atoms with Crippen molar-refractivity contribution in [3.05, 3.63) is 64.3 Å². The average Bonchev–Trinajstić information content (AvgIpc) is 3.42. The molecule has 1 heterocycles. The summed E-state index contributed by atoms with van der Waals surface area (Å²) in [6, 6.07) is 14.2. The number of thiazole rings is 1. The van der Waals surface area contributed by atoms with Crippen LogP contribution in [0.3, 0.4) is 0 Å². The van der Waals surface area contributed by atoms with Gasteiger partial charge in [0.25, 0.3) is 5.91 Å². The average molecular weight is 492 g/mol. The molecule has 0 unspecified atom stereocenters. The van der Waals surface area contributed by atoms with Gasteiger partial charge in [0, 0.05) is 10.5 Å². The van der Waals surface area contributed by atoms with Gasteiger partial charge in [-0.3, -0.25) is 10.1 Å². The number of nitrogens with one attached hydrogen (secondary N) is 2. The Bertz CT molecular complexity index is 1170. The number of hydrogen-bond acceptors (Lipinski definition) is 5. The zero-order valence-electron chi connectivity index (χ0n) is 15.5. The van der Waals surface area contributed by atoms with Crippen LogP contribution in [-0.4, -0.2) is 25.4 Å². The molecule has 1 saturated carbocycles. The number of carbonyl (C=O) groups is 1. The SMILES string of the molecule is Cc1nc(NC(=O)c2cc(S(=O)(=O)NC3CC3)ccc2Br)sc1-c1ccccc1. The monoisotopic (exact) mass is 491 g/mol. The molecule has 1 aliphatic carbocycles. The van der Waals surface area contributed by atoms with E-state index in [4.69, 9.17) is 0 Å². The third-order valence-electron chi connectivity index (χ3n) is 4.44. The number of aromatic nitrogens is 1. The molecular formula is C20H18BrN3O3S2. The minimum atomic E-state index is -3.65. The Morgan fingerprint density at radius 3 is 2.59 bits per heavy atom. The minimum absolute atomic E-state index is 0.00405. The van der Waals surface area contributed by atoms with Crippen LogP contribution in [0.2, 0.25) is 0 Å². The molecule has 0 aliphatic heterocycles. The van der Waals surface area contributed by atoms with Gasteiger partial charge in [-0.1, -0.05) is 41.7 Å². The van der Waals surface area contributed by atoms with Crippen molar-refractivity contribution in [1.29, 1.82) is 0 Å². The number of amides is 1. The summed E-state index contributed by atoms with van der Waals surface area (Å²) >= 11 is 4.72. The van der Waals surface area contributed by atoms with Gasteiger partial charge in [0.15, 0.2) is 5.13 Å². The smallest absolute Gasteiger partial charge is 0.258 e. The lowest BCUT2D eigenvalue weighted by molar-refractivity contribution is 0.102. The molecule has 0 spiro atoms. The van der Waals surface area contributed by atoms with Crippen molar-refractivity contribution < 1.29 is 13.2 Å². The van der Waals surface area contributed by atoms with Crippen LogP contribution in [0.15, 0.2) is 57.9 Å². The van der Waals surface area contributed by atoms with Crippen LogP contribution in [0, 0.1) is 6.92 Å². The lowest BCUT2D eigenvalue weighted by Gasteiger charge is -2.09. The molecule has 3 aromatic rings. The second-order valence-electron chi connectivity index (χ2n) is 6.79. The third-order valence-corrected chi connectivity index (χ3v) is 7.78. The maximum atomic E-state index is 12.8. The molecule has 0 bridgehead atoms. The summed E-state index contributed by atoms with van der Waals surface area (Å²) in [7, 11) is -3.65. The molecule has 9 heteroatoms. The minimum Gasteiger partial charge on any atom is -0.298 e. The van der Waals surface area contributed by atoms with Crippen LogP contribution in [0.5, 0.6) is 0 Å². The molecule has 1 fully saturated rings. The van der Waals surface area contributed by atoms with Gasteiger partial charge in [0.05, 0.1) is 21.0 Å². The summed E-state index contributed by atoms with van der Waals surface area (Å²) in [6.07, 6.45) is 1.69. The highest BCUT2D eigenvalue weighted by molar-refractivity contribution is 9.10. The first-order valence-electron chi connectivity index (χ1n) is 8.99. The van der Waals surface area contributed by atoms with Crippen LogP contribution in [0.1, 0.15) is 28.9 Å². The fourth-order valence-corrected chi connectivity index (χ4v) is 5.53. The van der Waals surface area contributed by atoms with Crippen LogP contribution < -0.4 is 10.0 Å². The standard InChI is InChI=1S/C20H18BrN3O3S2/c1-12-18(13-5-3-2-4-6-13)28-20(22-12)23-19(25)16-11-15(9-10-17(16)21)29(26,27)24-14-7-8-14/h2-6,9-11,14,24H,7-8H2,1H3,(H,22,23,25). The molecule has 1 aliphatic rings. The molecule has 4 rings (SSSR count). The van der Waals surface area contributed by atoms with Crippen molar-refractivity contribution in [2.45, 2.75) is 30.7 Å². The maximum Gasteiger partial charge on any atom is 0.258 e. The van der Waals surface area contributed by atoms with E-state index in [1.54, 1.807) is 6.07 Å². The zero-order chi connectivity index (χ0) is 20.6. The van der Waals surface area contributed by atoms with Crippen molar-refractivity contribution in [2.24, 2.45) is 0 Å². The van der Waals surface area contributed by atoms with Crippen molar-refractivity contribution >= 4 is 48.3 Å². The van der Waals surface area contributed by atoms with E-state index in [1.165, 1.54) is 23.5 Å². The Labute approximate surface area is 181 Å². The Kier molecular flexibility index (Phi) is 5.56. The van der Waals surface area contributed by atoms with E-state index in [0.717, 1.165) is 29.0 Å². The van der Waals surface area contributed by atoms with Crippen LogP contribution in [0.4, 0.5) is 5.13 Å². The van der Waals surface area contributed by atoms with E-state index in [9.17, 15) is 13.2 Å². The maximum absolute atomic E-state index is 12.8. The summed E-state index contributed by atoms with van der Waals surface area (Å²) in [5, 5.41) is 3.25. The first-order chi connectivity index (χ1) is 13.8. The molecule has 2 N–H and O–H groups in total. The van der Waals surface area contributed by atoms with Gasteiger partial charge in [-0.2, -0.15) is 0 Å². The quantitative estimate of drug-likeness (QED) is 0.528. The predicted molar refractivity (Wildman–Crippen MR) is 118 cm³/mol. The van der Waals surface area contributed by atoms with E-state index in [1.807, 2.05) is 37.3 Å². The lowest BCUT2D eigenvalue weighted by atomic mass is 10.2. The largest absolute Gasteiger partial charge is 0.298 e. The van der Waals surface area contributed by atoms with E-state index in [0.29, 0.717) is 9.60 Å². The molecule has 0 radical (unpaired) electrons. The number of halogens is 1. The number of hydrogen-bond donors (Lipinski definition) is 2. The Balaban J connectivity index is 1.58. The summed E-state index contributed by atoms with van der Waals surface area (Å²) in [6.45, 7) is 1.89. The Morgan fingerprint density at radius 2 is 1.90 bits per heavy atom. The highest BCUT2D eigenvalue weighted by Gasteiger charge is 2.28. The number of aryl methyl sites for hydroxylation is 1. The van der Waals surface area contributed by atoms with Gasteiger partial charge in [0.1, 0.15) is 0 Å². The van der Waals surface area contributed by atoms with Gasteiger partial charge in [0.2, 0.25) is 10.0 Å². The second-order valence-corrected chi connectivity index (χ2v) is 10.4. The summed E-state index contributed by atoms with van der Waals surface area (Å²) < 4.78 is 28.1. The molecule has 29 heavy (non-hydrogen) atoms. The van der Waals surface area contributed by atoms with E-state index < -0.39 is 15.9 Å². The van der Waals surface area contributed by atoms with Gasteiger partial charge in [-0.25, -0.2) is 18.1 Å². The van der Waals surface area contributed by atoms with Gasteiger partial charge in [-0.15, -0.1) is 0 Å². The number of nitrogens with zero attached hydrogens (tertiary/aromatic N) is 1. The zero-order valence-corrected chi connectivity index (χ0v) is 18.7. The first-order valence-corrected chi connectivity index (χ1v) is 12.1. The van der Waals surface area contributed by atoms with Gasteiger partial charge in [-0.05, 0) is 59.5 Å². The molecule has 150 valence electrons. The Morgan fingerprint density at radius 1 is 1.17 bits per heavy atom. The highest BCUT2D eigenvalue weighted by Crippen LogP contribution is 2.33. The van der Waals surface area contributed by atoms with E-state index >= 15 is 0 Å². The van der Waals surface area contributed by atoms with Crippen molar-refractivity contribution in [2.75, 3.05) is 5.32 Å². The number of carbonyl (C=O) groups excluding carboxylic acids is 1. The number of anilines is 1. The van der Waals surface area contributed by atoms with Crippen molar-refractivity contribution in [3.63, 3.8) is 0 Å². The van der Waals surface area contributed by atoms with Crippen molar-refractivity contribution in [3.8, 4) is 10.4 Å². The molecular weight excluding hydrogens is 474 g/mol. The molecule has 1 amide bonds.